The average molecular weight is 402 g/mol. The molecule has 0 saturated carbocycles. The van der Waals surface area contributed by atoms with Crippen LogP contribution in [-0.2, 0) is 0 Å². The molecule has 3 aromatic rings. The van der Waals surface area contributed by atoms with Crippen LogP contribution in [0.2, 0.25) is 0 Å². The van der Waals surface area contributed by atoms with Crippen LogP contribution in [0.1, 0.15) is 18.5 Å². The molecule has 1 aromatic heterocycles. The van der Waals surface area contributed by atoms with Crippen LogP contribution in [0.3, 0.4) is 0 Å². The Balaban J connectivity index is 1.62. The third-order valence-corrected chi connectivity index (χ3v) is 4.22. The monoisotopic (exact) mass is 401 g/mol. The lowest BCUT2D eigenvalue weighted by Crippen LogP contribution is -2.30. The van der Waals surface area contributed by atoms with Gasteiger partial charge in [-0.05, 0) is 55.0 Å². The van der Waals surface area contributed by atoms with E-state index in [-0.39, 0.29) is 6.04 Å². The Labute approximate surface area is 154 Å². The van der Waals surface area contributed by atoms with Gasteiger partial charge in [-0.25, -0.2) is 9.67 Å². The Morgan fingerprint density at radius 3 is 2.67 bits per heavy atom. The molecular formula is C17H16BrN5S. The highest BCUT2D eigenvalue weighted by Gasteiger charge is 2.08. The highest BCUT2D eigenvalue weighted by Crippen LogP contribution is 2.17. The Morgan fingerprint density at radius 2 is 2.00 bits per heavy atom. The Hall–Kier alpha value is -2.25. The largest absolute Gasteiger partial charge is 0.356 e. The summed E-state index contributed by atoms with van der Waals surface area (Å²) in [5.74, 6) is 0. The SMILES string of the molecule is C[C@H](NC(=S)Nc1cccc(Br)c1)c1ccc(-n2cncn2)cc1. The quantitative estimate of drug-likeness (QED) is 0.645. The molecule has 122 valence electrons. The van der Waals surface area contributed by atoms with Crippen molar-refractivity contribution in [1.82, 2.24) is 20.1 Å². The predicted molar refractivity (Wildman–Crippen MR) is 103 cm³/mol. The number of rotatable bonds is 4. The molecule has 0 aliphatic heterocycles. The third-order valence-electron chi connectivity index (χ3n) is 3.51. The summed E-state index contributed by atoms with van der Waals surface area (Å²) >= 11 is 8.83. The van der Waals surface area contributed by atoms with E-state index in [9.17, 15) is 0 Å². The predicted octanol–water partition coefficient (Wildman–Crippen LogP) is 4.08. The zero-order valence-corrected chi connectivity index (χ0v) is 15.4. The third kappa shape index (κ3) is 4.18. The van der Waals surface area contributed by atoms with Crippen LogP contribution in [0.5, 0.6) is 0 Å². The molecule has 3 rings (SSSR count). The van der Waals surface area contributed by atoms with E-state index in [2.05, 4.69) is 55.7 Å². The second kappa shape index (κ2) is 7.55. The second-order valence-electron chi connectivity index (χ2n) is 5.26. The molecule has 0 aliphatic carbocycles. The highest BCUT2D eigenvalue weighted by atomic mass is 79.9. The second-order valence-corrected chi connectivity index (χ2v) is 6.59. The highest BCUT2D eigenvalue weighted by molar-refractivity contribution is 9.10. The number of nitrogens with zero attached hydrogens (tertiary/aromatic N) is 3. The summed E-state index contributed by atoms with van der Waals surface area (Å²) in [5, 5.41) is 11.2. The van der Waals surface area contributed by atoms with Crippen LogP contribution in [0.25, 0.3) is 5.69 Å². The first-order valence-electron chi connectivity index (χ1n) is 7.40. The molecule has 0 saturated heterocycles. The maximum absolute atomic E-state index is 5.39. The van der Waals surface area contributed by atoms with Gasteiger partial charge in [0.1, 0.15) is 12.7 Å². The van der Waals surface area contributed by atoms with E-state index in [1.165, 1.54) is 6.33 Å². The van der Waals surface area contributed by atoms with Crippen LogP contribution < -0.4 is 10.6 Å². The average Bonchev–Trinajstić information content (AvgIpc) is 3.09. The Kier molecular flexibility index (Phi) is 5.22. The van der Waals surface area contributed by atoms with Crippen LogP contribution in [0.15, 0.2) is 65.7 Å². The van der Waals surface area contributed by atoms with Gasteiger partial charge in [0, 0.05) is 10.2 Å². The van der Waals surface area contributed by atoms with Gasteiger partial charge in [0.05, 0.1) is 11.7 Å². The molecule has 2 aromatic carbocycles. The molecule has 0 fully saturated rings. The minimum atomic E-state index is 0.0851. The smallest absolute Gasteiger partial charge is 0.171 e. The van der Waals surface area contributed by atoms with E-state index in [0.29, 0.717) is 5.11 Å². The zero-order valence-electron chi connectivity index (χ0n) is 13.0. The minimum absolute atomic E-state index is 0.0851. The van der Waals surface area contributed by atoms with Crippen molar-refractivity contribution in [1.29, 1.82) is 0 Å². The number of hydrogen-bond donors (Lipinski definition) is 2. The van der Waals surface area contributed by atoms with E-state index in [1.807, 2.05) is 36.4 Å². The summed E-state index contributed by atoms with van der Waals surface area (Å²) in [5.41, 5.74) is 3.05. The van der Waals surface area contributed by atoms with Crippen molar-refractivity contribution < 1.29 is 0 Å². The molecule has 7 heteroatoms. The molecule has 0 aliphatic rings. The molecule has 0 unspecified atom stereocenters. The number of nitrogens with one attached hydrogen (secondary N) is 2. The summed E-state index contributed by atoms with van der Waals surface area (Å²) in [6, 6.07) is 16.1. The Bertz CT molecular complexity index is 817. The fourth-order valence-electron chi connectivity index (χ4n) is 2.27. The van der Waals surface area contributed by atoms with Gasteiger partial charge in [-0.2, -0.15) is 5.10 Å². The first-order chi connectivity index (χ1) is 11.6. The summed E-state index contributed by atoms with van der Waals surface area (Å²) in [6.45, 7) is 2.07. The van der Waals surface area contributed by atoms with Crippen LogP contribution in [0.4, 0.5) is 5.69 Å². The molecule has 0 bridgehead atoms. The molecule has 0 amide bonds. The number of hydrogen-bond acceptors (Lipinski definition) is 3. The van der Waals surface area contributed by atoms with Crippen molar-refractivity contribution in [2.75, 3.05) is 5.32 Å². The van der Waals surface area contributed by atoms with Crippen molar-refractivity contribution in [3.63, 3.8) is 0 Å². The van der Waals surface area contributed by atoms with Crippen LogP contribution in [0, 0.1) is 0 Å². The summed E-state index contributed by atoms with van der Waals surface area (Å²) in [6.07, 6.45) is 3.19. The van der Waals surface area contributed by atoms with Gasteiger partial charge < -0.3 is 10.6 Å². The molecule has 1 atom stereocenters. The van der Waals surface area contributed by atoms with Crippen molar-refractivity contribution in [2.24, 2.45) is 0 Å². The number of thiocarbonyl (C=S) groups is 1. The van der Waals surface area contributed by atoms with Crippen molar-refractivity contribution in [2.45, 2.75) is 13.0 Å². The number of halogens is 1. The molecule has 0 spiro atoms. The number of benzene rings is 2. The van der Waals surface area contributed by atoms with Gasteiger partial charge in [-0.1, -0.05) is 34.1 Å². The molecule has 1 heterocycles. The lowest BCUT2D eigenvalue weighted by Gasteiger charge is -2.18. The van der Waals surface area contributed by atoms with Gasteiger partial charge in [-0.15, -0.1) is 0 Å². The lowest BCUT2D eigenvalue weighted by atomic mass is 10.1. The maximum atomic E-state index is 5.39. The maximum Gasteiger partial charge on any atom is 0.171 e. The minimum Gasteiger partial charge on any atom is -0.356 e. The van der Waals surface area contributed by atoms with E-state index in [0.717, 1.165) is 21.4 Å². The Morgan fingerprint density at radius 1 is 1.21 bits per heavy atom. The van der Waals surface area contributed by atoms with Crippen molar-refractivity contribution in [3.8, 4) is 5.69 Å². The first kappa shape index (κ1) is 16.6. The summed E-state index contributed by atoms with van der Waals surface area (Å²) in [4.78, 5) is 3.95. The zero-order chi connectivity index (χ0) is 16.9. The topological polar surface area (TPSA) is 54.8 Å². The van der Waals surface area contributed by atoms with E-state index in [4.69, 9.17) is 12.2 Å². The van der Waals surface area contributed by atoms with Crippen LogP contribution in [-0.4, -0.2) is 19.9 Å². The van der Waals surface area contributed by atoms with Crippen molar-refractivity contribution in [3.05, 3.63) is 71.2 Å². The van der Waals surface area contributed by atoms with E-state index < -0.39 is 0 Å². The summed E-state index contributed by atoms with van der Waals surface area (Å²) < 4.78 is 2.73. The van der Waals surface area contributed by atoms with Crippen molar-refractivity contribution >= 4 is 38.9 Å². The molecule has 5 nitrogen and oxygen atoms in total. The molecule has 24 heavy (non-hydrogen) atoms. The molecular weight excluding hydrogens is 386 g/mol. The number of aromatic nitrogens is 3. The summed E-state index contributed by atoms with van der Waals surface area (Å²) in [7, 11) is 0. The standard InChI is InChI=1S/C17H16BrN5S/c1-12(21-17(24)22-15-4-2-3-14(18)9-15)13-5-7-16(8-6-13)23-11-19-10-20-23/h2-12H,1H3,(H2,21,22,24)/t12-/m0/s1. The van der Waals surface area contributed by atoms with Crippen LogP contribution >= 0.6 is 28.1 Å². The lowest BCUT2D eigenvalue weighted by molar-refractivity contribution is 0.721. The van der Waals surface area contributed by atoms with E-state index >= 15 is 0 Å². The molecule has 0 radical (unpaired) electrons. The van der Waals surface area contributed by atoms with Gasteiger partial charge >= 0.3 is 0 Å². The van der Waals surface area contributed by atoms with Gasteiger partial charge in [0.25, 0.3) is 0 Å². The molecule has 2 N–H and O–H groups in total. The fourth-order valence-corrected chi connectivity index (χ4v) is 2.96. The normalized spacial score (nSPS) is 11.8. The van der Waals surface area contributed by atoms with Gasteiger partial charge in [-0.3, -0.25) is 0 Å². The first-order valence-corrected chi connectivity index (χ1v) is 8.60. The number of anilines is 1. The fraction of sp³-hybridized carbons (Fsp3) is 0.118. The van der Waals surface area contributed by atoms with Gasteiger partial charge in [0.15, 0.2) is 5.11 Å². The van der Waals surface area contributed by atoms with E-state index in [1.54, 1.807) is 11.0 Å². The van der Waals surface area contributed by atoms with Gasteiger partial charge in [0.2, 0.25) is 0 Å².